The maximum absolute atomic E-state index is 13.4. The zero-order valence-corrected chi connectivity index (χ0v) is 10.6. The summed E-state index contributed by atoms with van der Waals surface area (Å²) in [4.78, 5) is 11.5. The van der Waals surface area contributed by atoms with E-state index >= 15 is 0 Å². The van der Waals surface area contributed by atoms with Crippen molar-refractivity contribution in [2.75, 3.05) is 5.32 Å². The first-order valence-electron chi connectivity index (χ1n) is 5.47. The first-order valence-corrected chi connectivity index (χ1v) is 5.47. The van der Waals surface area contributed by atoms with Gasteiger partial charge in [0.1, 0.15) is 11.4 Å². The number of anilines is 1. The Bertz CT molecular complexity index is 430. The molecule has 0 bridgehead atoms. The Morgan fingerprint density at radius 3 is 2.67 bits per heavy atom. The van der Waals surface area contributed by atoms with Crippen molar-refractivity contribution in [3.63, 3.8) is 0 Å². The molecule has 1 rings (SSSR count). The zero-order valence-electron chi connectivity index (χ0n) is 10.6. The molecule has 0 unspecified atom stereocenters. The Labute approximate surface area is 105 Å². The third-order valence-electron chi connectivity index (χ3n) is 1.95. The molecular weight excluding hydrogens is 239 g/mol. The predicted molar refractivity (Wildman–Crippen MR) is 64.9 cm³/mol. The number of amides is 1. The van der Waals surface area contributed by atoms with E-state index < -0.39 is 17.5 Å². The van der Waals surface area contributed by atoms with Gasteiger partial charge >= 0.3 is 6.09 Å². The number of hydroxylamine groups is 1. The van der Waals surface area contributed by atoms with Crippen LogP contribution in [-0.4, -0.2) is 16.9 Å². The van der Waals surface area contributed by atoms with Crippen LogP contribution in [0.15, 0.2) is 18.2 Å². The molecule has 1 aromatic rings. The SMILES string of the molecule is CC(C)(C)OC(=O)Nc1cc(CNO)ccc1F. The topological polar surface area (TPSA) is 70.6 Å². The van der Waals surface area contributed by atoms with E-state index in [4.69, 9.17) is 9.94 Å². The third-order valence-corrected chi connectivity index (χ3v) is 1.95. The second-order valence-corrected chi connectivity index (χ2v) is 4.78. The number of benzene rings is 1. The summed E-state index contributed by atoms with van der Waals surface area (Å²) in [5, 5.41) is 10.9. The zero-order chi connectivity index (χ0) is 13.8. The van der Waals surface area contributed by atoms with Crippen molar-refractivity contribution in [3.8, 4) is 0 Å². The van der Waals surface area contributed by atoms with E-state index in [1.807, 2.05) is 5.48 Å². The highest BCUT2D eigenvalue weighted by atomic mass is 19.1. The third kappa shape index (κ3) is 4.68. The van der Waals surface area contributed by atoms with Crippen LogP contribution in [-0.2, 0) is 11.3 Å². The largest absolute Gasteiger partial charge is 0.444 e. The van der Waals surface area contributed by atoms with Crippen LogP contribution in [0.4, 0.5) is 14.9 Å². The molecule has 0 radical (unpaired) electrons. The predicted octanol–water partition coefficient (Wildman–Crippen LogP) is 2.65. The van der Waals surface area contributed by atoms with Crippen molar-refractivity contribution >= 4 is 11.8 Å². The lowest BCUT2D eigenvalue weighted by atomic mass is 10.2. The fourth-order valence-electron chi connectivity index (χ4n) is 1.28. The van der Waals surface area contributed by atoms with Gasteiger partial charge in [0.25, 0.3) is 0 Å². The maximum atomic E-state index is 13.4. The summed E-state index contributed by atoms with van der Waals surface area (Å²) >= 11 is 0. The fraction of sp³-hybridized carbons (Fsp3) is 0.417. The number of carbonyl (C=O) groups is 1. The number of carbonyl (C=O) groups excluding carboxylic acids is 1. The van der Waals surface area contributed by atoms with Crippen molar-refractivity contribution in [1.29, 1.82) is 0 Å². The van der Waals surface area contributed by atoms with Crippen LogP contribution in [0.5, 0.6) is 0 Å². The normalized spacial score (nSPS) is 11.2. The van der Waals surface area contributed by atoms with Crippen LogP contribution < -0.4 is 10.8 Å². The number of hydrogen-bond donors (Lipinski definition) is 3. The minimum atomic E-state index is -0.726. The van der Waals surface area contributed by atoms with Gasteiger partial charge in [-0.2, -0.15) is 0 Å². The molecule has 6 heteroatoms. The van der Waals surface area contributed by atoms with Gasteiger partial charge in [0.05, 0.1) is 5.69 Å². The van der Waals surface area contributed by atoms with Crippen molar-refractivity contribution in [2.24, 2.45) is 0 Å². The molecule has 3 N–H and O–H groups in total. The van der Waals surface area contributed by atoms with E-state index in [1.54, 1.807) is 20.8 Å². The van der Waals surface area contributed by atoms with Gasteiger partial charge in [-0.05, 0) is 38.5 Å². The van der Waals surface area contributed by atoms with Gasteiger partial charge in [0, 0.05) is 6.54 Å². The van der Waals surface area contributed by atoms with Crippen molar-refractivity contribution in [3.05, 3.63) is 29.6 Å². The Kier molecular flexibility index (Phi) is 4.63. The highest BCUT2D eigenvalue weighted by Crippen LogP contribution is 2.17. The molecule has 0 saturated carbocycles. The molecule has 0 aliphatic heterocycles. The maximum Gasteiger partial charge on any atom is 0.412 e. The van der Waals surface area contributed by atoms with Crippen LogP contribution in [0.3, 0.4) is 0 Å². The number of halogens is 1. The molecule has 0 saturated heterocycles. The summed E-state index contributed by atoms with van der Waals surface area (Å²) in [6, 6.07) is 4.13. The summed E-state index contributed by atoms with van der Waals surface area (Å²) in [6.45, 7) is 5.31. The van der Waals surface area contributed by atoms with Gasteiger partial charge < -0.3 is 9.94 Å². The van der Waals surface area contributed by atoms with Gasteiger partial charge in [-0.3, -0.25) is 5.32 Å². The average molecular weight is 256 g/mol. The molecule has 0 atom stereocenters. The van der Waals surface area contributed by atoms with Crippen molar-refractivity contribution < 1.29 is 19.1 Å². The van der Waals surface area contributed by atoms with Gasteiger partial charge in [-0.1, -0.05) is 6.07 Å². The molecule has 0 aliphatic carbocycles. The van der Waals surface area contributed by atoms with E-state index in [0.717, 1.165) is 0 Å². The summed E-state index contributed by atoms with van der Waals surface area (Å²) in [7, 11) is 0. The summed E-state index contributed by atoms with van der Waals surface area (Å²) in [5.74, 6) is -0.567. The first-order chi connectivity index (χ1) is 8.31. The summed E-state index contributed by atoms with van der Waals surface area (Å²) in [6.07, 6.45) is -0.726. The van der Waals surface area contributed by atoms with Gasteiger partial charge in [0.2, 0.25) is 0 Å². The minimum absolute atomic E-state index is 0.0111. The molecule has 0 heterocycles. The quantitative estimate of drug-likeness (QED) is 0.727. The number of ether oxygens (including phenoxy) is 1. The highest BCUT2D eigenvalue weighted by Gasteiger charge is 2.17. The van der Waals surface area contributed by atoms with Crippen LogP contribution in [0.2, 0.25) is 0 Å². The lowest BCUT2D eigenvalue weighted by molar-refractivity contribution is 0.0635. The lowest BCUT2D eigenvalue weighted by Gasteiger charge is -2.20. The van der Waals surface area contributed by atoms with E-state index in [9.17, 15) is 9.18 Å². The molecule has 18 heavy (non-hydrogen) atoms. The van der Waals surface area contributed by atoms with Crippen LogP contribution >= 0.6 is 0 Å². The Balaban J connectivity index is 2.77. The fourth-order valence-corrected chi connectivity index (χ4v) is 1.28. The van der Waals surface area contributed by atoms with E-state index in [-0.39, 0.29) is 12.2 Å². The highest BCUT2D eigenvalue weighted by molar-refractivity contribution is 5.85. The molecule has 1 aromatic carbocycles. The minimum Gasteiger partial charge on any atom is -0.444 e. The monoisotopic (exact) mass is 256 g/mol. The van der Waals surface area contributed by atoms with Crippen molar-refractivity contribution in [2.45, 2.75) is 32.9 Å². The van der Waals surface area contributed by atoms with Gasteiger partial charge in [-0.25, -0.2) is 14.7 Å². The summed E-state index contributed by atoms with van der Waals surface area (Å²) in [5.41, 5.74) is 1.95. The Morgan fingerprint density at radius 2 is 2.11 bits per heavy atom. The molecule has 5 nitrogen and oxygen atoms in total. The molecular formula is C12H17FN2O3. The standard InChI is InChI=1S/C12H17FN2O3/c1-12(2,3)18-11(16)15-10-6-8(7-14-17)4-5-9(10)13/h4-6,14,17H,7H2,1-3H3,(H,15,16). The van der Waals surface area contributed by atoms with Crippen molar-refractivity contribution in [1.82, 2.24) is 5.48 Å². The Hall–Kier alpha value is -1.66. The molecule has 0 fully saturated rings. The van der Waals surface area contributed by atoms with Crippen LogP contribution in [0.1, 0.15) is 26.3 Å². The van der Waals surface area contributed by atoms with Gasteiger partial charge in [0.15, 0.2) is 0 Å². The van der Waals surface area contributed by atoms with Crippen LogP contribution in [0.25, 0.3) is 0 Å². The second-order valence-electron chi connectivity index (χ2n) is 4.78. The molecule has 0 spiro atoms. The molecule has 0 aromatic heterocycles. The number of nitrogens with one attached hydrogen (secondary N) is 2. The van der Waals surface area contributed by atoms with Crippen LogP contribution in [0, 0.1) is 5.82 Å². The smallest absolute Gasteiger partial charge is 0.412 e. The summed E-state index contributed by atoms with van der Waals surface area (Å²) < 4.78 is 18.5. The Morgan fingerprint density at radius 1 is 1.44 bits per heavy atom. The molecule has 0 aliphatic rings. The van der Waals surface area contributed by atoms with E-state index in [0.29, 0.717) is 5.56 Å². The number of hydrogen-bond acceptors (Lipinski definition) is 4. The first kappa shape index (κ1) is 14.4. The van der Waals surface area contributed by atoms with Gasteiger partial charge in [-0.15, -0.1) is 0 Å². The second kappa shape index (κ2) is 5.79. The number of rotatable bonds is 3. The van der Waals surface area contributed by atoms with E-state index in [1.165, 1.54) is 18.2 Å². The molecule has 1 amide bonds. The van der Waals surface area contributed by atoms with E-state index in [2.05, 4.69) is 5.32 Å². The lowest BCUT2D eigenvalue weighted by Crippen LogP contribution is -2.27. The molecule has 100 valence electrons. The average Bonchev–Trinajstić information content (AvgIpc) is 2.20.